The average molecular weight is 1010 g/mol. The molecule has 0 aliphatic rings. The monoisotopic (exact) mass is 1010 g/mol. The van der Waals surface area contributed by atoms with Crippen molar-refractivity contribution in [2.75, 3.05) is 41.2 Å². The summed E-state index contributed by atoms with van der Waals surface area (Å²) in [6.07, 6.45) is 0.822. The summed E-state index contributed by atoms with van der Waals surface area (Å²) in [5.74, 6) is 0.285. The molecule has 0 aliphatic heterocycles. The SMILES string of the molecule is CC(=O)Nc1nc(C)c(S(=O)(=O)Nc2ccc(OCCOc3ccccc3CCC(=O)O)cc2)s1.O=C(O)CCc1ccccc1OCCOc1ccc(NS(=O)(=O)c2ccc3ccccc3c2)cc1. The molecule has 0 aliphatic carbocycles. The number of sulfonamides is 2. The second-order valence-corrected chi connectivity index (χ2v) is 19.8. The molecule has 7 aromatic rings. The van der Waals surface area contributed by atoms with E-state index in [0.717, 1.165) is 33.2 Å². The lowest BCUT2D eigenvalue weighted by Crippen LogP contribution is -2.13. The Morgan fingerprint density at radius 2 is 1.03 bits per heavy atom. The molecule has 20 heteroatoms. The number of carboxylic acid groups (broad SMARTS) is 2. The molecular weight excluding hydrogens is 961 g/mol. The van der Waals surface area contributed by atoms with E-state index in [2.05, 4.69) is 19.7 Å². The van der Waals surface area contributed by atoms with Crippen molar-refractivity contribution in [3.8, 4) is 23.0 Å². The number of ether oxygens (including phenoxy) is 4. The largest absolute Gasteiger partial charge is 0.490 e. The van der Waals surface area contributed by atoms with Gasteiger partial charge >= 0.3 is 11.9 Å². The number of aromatic nitrogens is 1. The zero-order valence-corrected chi connectivity index (χ0v) is 40.4. The minimum Gasteiger partial charge on any atom is -0.490 e. The highest BCUT2D eigenvalue weighted by molar-refractivity contribution is 7.94. The smallest absolute Gasteiger partial charge is 0.303 e. The van der Waals surface area contributed by atoms with Gasteiger partial charge in [-0.2, -0.15) is 0 Å². The Hall–Kier alpha value is -7.68. The third kappa shape index (κ3) is 15.7. The summed E-state index contributed by atoms with van der Waals surface area (Å²) >= 11 is 0.873. The lowest BCUT2D eigenvalue weighted by atomic mass is 10.1. The normalized spacial score (nSPS) is 11.1. The molecule has 1 aromatic heterocycles. The summed E-state index contributed by atoms with van der Waals surface area (Å²) in [6, 6.07) is 40.2. The van der Waals surface area contributed by atoms with Crippen LogP contribution in [0.15, 0.2) is 149 Å². The van der Waals surface area contributed by atoms with E-state index in [1.165, 1.54) is 6.92 Å². The molecule has 0 unspecified atom stereocenters. The van der Waals surface area contributed by atoms with Crippen molar-refractivity contribution in [1.82, 2.24) is 4.98 Å². The van der Waals surface area contributed by atoms with Gasteiger partial charge in [-0.3, -0.25) is 23.8 Å². The van der Waals surface area contributed by atoms with Crippen LogP contribution in [-0.4, -0.2) is 76.3 Å². The minimum absolute atomic E-state index is 0.0161. The van der Waals surface area contributed by atoms with Gasteiger partial charge in [0.25, 0.3) is 20.0 Å². The first kappa shape index (κ1) is 51.7. The number of aryl methyl sites for hydroxylation is 3. The van der Waals surface area contributed by atoms with Gasteiger partial charge in [-0.1, -0.05) is 78.1 Å². The standard InChI is InChI=1S/C27H25NO6S.C23H25N3O7S2/c29-27(30)16-10-21-6-3-4-8-26(21)34-18-17-33-24-13-11-23(12-14-24)28-35(31,32)25-15-9-20-5-1-2-7-22(20)19-25;1-15-22(34-23(24-15)25-16(2)27)35(30,31)26-18-8-10-19(11-9-18)32-13-14-33-20-6-4-3-5-17(20)7-12-21(28)29/h1-9,11-15,19,28H,10,16-18H2,(H,29,30);3-6,8-11,26H,7,12-14H2,1-2H3,(H,28,29)(H,24,25,27). The zero-order chi connectivity index (χ0) is 50.1. The van der Waals surface area contributed by atoms with Gasteiger partial charge in [-0.15, -0.1) is 0 Å². The second-order valence-electron chi connectivity index (χ2n) is 15.2. The highest BCUT2D eigenvalue weighted by Gasteiger charge is 2.23. The molecule has 70 heavy (non-hydrogen) atoms. The van der Waals surface area contributed by atoms with Crippen LogP contribution in [0.1, 0.15) is 36.6 Å². The maximum Gasteiger partial charge on any atom is 0.303 e. The third-order valence-corrected chi connectivity index (χ3v) is 14.3. The van der Waals surface area contributed by atoms with Crippen molar-refractivity contribution in [2.24, 2.45) is 0 Å². The maximum atomic E-state index is 12.8. The van der Waals surface area contributed by atoms with Crippen molar-refractivity contribution in [1.29, 1.82) is 0 Å². The summed E-state index contributed by atoms with van der Waals surface area (Å²) in [5.41, 5.74) is 2.70. The van der Waals surface area contributed by atoms with Crippen LogP contribution in [0.5, 0.6) is 23.0 Å². The van der Waals surface area contributed by atoms with Crippen LogP contribution in [0.3, 0.4) is 0 Å². The Morgan fingerprint density at radius 3 is 1.53 bits per heavy atom. The number of thiazole rings is 1. The summed E-state index contributed by atoms with van der Waals surface area (Å²) in [5, 5.41) is 22.3. The van der Waals surface area contributed by atoms with Crippen LogP contribution in [0.25, 0.3) is 10.8 Å². The van der Waals surface area contributed by atoms with Gasteiger partial charge in [0, 0.05) is 31.1 Å². The first-order valence-corrected chi connectivity index (χ1v) is 25.4. The maximum absolute atomic E-state index is 12.8. The van der Waals surface area contributed by atoms with Crippen molar-refractivity contribution in [2.45, 2.75) is 48.6 Å². The number of carbonyl (C=O) groups excluding carboxylic acids is 1. The topological polar surface area (TPSA) is 246 Å². The number of para-hydroxylation sites is 2. The average Bonchev–Trinajstić information content (AvgIpc) is 3.71. The van der Waals surface area contributed by atoms with Crippen LogP contribution >= 0.6 is 11.3 Å². The van der Waals surface area contributed by atoms with E-state index in [4.69, 9.17) is 29.2 Å². The number of amides is 1. The summed E-state index contributed by atoms with van der Waals surface area (Å²) in [7, 11) is -7.61. The molecule has 7 rings (SSSR count). The number of benzene rings is 6. The van der Waals surface area contributed by atoms with Crippen LogP contribution in [0.2, 0.25) is 0 Å². The number of carbonyl (C=O) groups is 3. The van der Waals surface area contributed by atoms with E-state index in [-0.39, 0.29) is 65.1 Å². The van der Waals surface area contributed by atoms with Crippen LogP contribution in [-0.2, 0) is 47.3 Å². The van der Waals surface area contributed by atoms with Gasteiger partial charge < -0.3 is 34.5 Å². The Labute approximate surface area is 409 Å². The first-order chi connectivity index (χ1) is 33.5. The van der Waals surface area contributed by atoms with E-state index in [1.807, 2.05) is 60.7 Å². The molecule has 0 saturated carbocycles. The fourth-order valence-corrected chi connectivity index (χ4v) is 10.2. The fourth-order valence-electron chi connectivity index (χ4n) is 6.63. The van der Waals surface area contributed by atoms with Crippen molar-refractivity contribution < 1.29 is 60.4 Å². The summed E-state index contributed by atoms with van der Waals surface area (Å²) in [6.45, 7) is 3.92. The summed E-state index contributed by atoms with van der Waals surface area (Å²) in [4.78, 5) is 37.1. The molecule has 0 radical (unpaired) electrons. The number of hydrogen-bond acceptors (Lipinski definition) is 13. The van der Waals surface area contributed by atoms with Crippen LogP contribution in [0, 0.1) is 6.92 Å². The molecular formula is C50H50N4O13S3. The lowest BCUT2D eigenvalue weighted by molar-refractivity contribution is -0.138. The van der Waals surface area contributed by atoms with Crippen molar-refractivity contribution >= 4 is 76.5 Å². The Morgan fingerprint density at radius 1 is 0.571 bits per heavy atom. The minimum atomic E-state index is -3.88. The number of aliphatic carboxylic acids is 2. The Kier molecular flexibility index (Phi) is 18.1. The van der Waals surface area contributed by atoms with Gasteiger partial charge in [0.15, 0.2) is 9.34 Å². The first-order valence-electron chi connectivity index (χ1n) is 21.6. The third-order valence-electron chi connectivity index (χ3n) is 9.91. The highest BCUT2D eigenvalue weighted by Crippen LogP contribution is 2.30. The predicted octanol–water partition coefficient (Wildman–Crippen LogP) is 8.80. The van der Waals surface area contributed by atoms with E-state index in [9.17, 15) is 31.2 Å². The zero-order valence-electron chi connectivity index (χ0n) is 38.0. The number of rotatable bonds is 23. The van der Waals surface area contributed by atoms with Crippen LogP contribution in [0.4, 0.5) is 16.5 Å². The molecule has 0 saturated heterocycles. The van der Waals surface area contributed by atoms with Crippen molar-refractivity contribution in [3.63, 3.8) is 0 Å². The van der Waals surface area contributed by atoms with Gasteiger partial charge in [0.2, 0.25) is 5.91 Å². The number of nitrogens with one attached hydrogen (secondary N) is 3. The highest BCUT2D eigenvalue weighted by atomic mass is 32.2. The molecule has 0 atom stereocenters. The van der Waals surface area contributed by atoms with Gasteiger partial charge in [-0.25, -0.2) is 21.8 Å². The van der Waals surface area contributed by atoms with Gasteiger partial charge in [0.05, 0.1) is 10.6 Å². The number of hydrogen-bond donors (Lipinski definition) is 5. The lowest BCUT2D eigenvalue weighted by Gasteiger charge is -2.12. The van der Waals surface area contributed by atoms with Gasteiger partial charge in [0.1, 0.15) is 49.4 Å². The molecule has 1 heterocycles. The Bertz CT molecular complexity index is 3130. The molecule has 366 valence electrons. The number of nitrogens with zero attached hydrogens (tertiary/aromatic N) is 1. The molecule has 5 N–H and O–H groups in total. The van der Waals surface area contributed by atoms with E-state index in [0.29, 0.717) is 47.2 Å². The molecule has 0 spiro atoms. The van der Waals surface area contributed by atoms with E-state index in [1.54, 1.807) is 85.8 Å². The molecule has 1 amide bonds. The van der Waals surface area contributed by atoms with Gasteiger partial charge in [-0.05, 0) is 114 Å². The fraction of sp³-hybridized carbons (Fsp3) is 0.200. The molecule has 0 fully saturated rings. The predicted molar refractivity (Wildman–Crippen MR) is 266 cm³/mol. The molecule has 17 nitrogen and oxygen atoms in total. The Balaban J connectivity index is 0.000000230. The summed E-state index contributed by atoms with van der Waals surface area (Å²) < 4.78 is 79.0. The quantitative estimate of drug-likeness (QED) is 0.0376. The number of fused-ring (bicyclic) bond motifs is 1. The van der Waals surface area contributed by atoms with Crippen molar-refractivity contribution in [3.05, 3.63) is 156 Å². The molecule has 6 aromatic carbocycles. The molecule has 0 bridgehead atoms. The van der Waals surface area contributed by atoms with Crippen LogP contribution < -0.4 is 33.7 Å². The second kappa shape index (κ2) is 24.6. The van der Waals surface area contributed by atoms with E-state index >= 15 is 0 Å². The van der Waals surface area contributed by atoms with E-state index < -0.39 is 32.0 Å². The number of anilines is 3. The number of carboxylic acids is 2.